The highest BCUT2D eigenvalue weighted by molar-refractivity contribution is 7.14. The normalized spacial score (nSPS) is 13.7. The Balaban J connectivity index is 1.61. The van der Waals surface area contributed by atoms with Crippen LogP contribution in [-0.2, 0) is 13.0 Å². The van der Waals surface area contributed by atoms with E-state index in [-0.39, 0.29) is 11.8 Å². The van der Waals surface area contributed by atoms with Gasteiger partial charge in [-0.2, -0.15) is 5.10 Å². The van der Waals surface area contributed by atoms with E-state index in [1.165, 1.54) is 16.2 Å². The zero-order valence-corrected chi connectivity index (χ0v) is 15.7. The summed E-state index contributed by atoms with van der Waals surface area (Å²) in [6, 6.07) is 5.54. The molecule has 1 aliphatic heterocycles. The summed E-state index contributed by atoms with van der Waals surface area (Å²) in [4.78, 5) is 32.9. The third kappa shape index (κ3) is 2.76. The second-order valence-electron chi connectivity index (χ2n) is 6.45. The smallest absolute Gasteiger partial charge is 0.272 e. The van der Waals surface area contributed by atoms with Crippen molar-refractivity contribution in [2.24, 2.45) is 0 Å². The van der Waals surface area contributed by atoms with Crippen molar-refractivity contribution in [1.82, 2.24) is 24.8 Å². The van der Waals surface area contributed by atoms with Gasteiger partial charge in [0.05, 0.1) is 10.6 Å². The van der Waals surface area contributed by atoms with E-state index in [0.29, 0.717) is 29.3 Å². The largest absolute Gasteiger partial charge is 0.354 e. The lowest BCUT2D eigenvalue weighted by molar-refractivity contribution is 0.0730. The summed E-state index contributed by atoms with van der Waals surface area (Å²) in [5.74, 6) is -0.172. The van der Waals surface area contributed by atoms with E-state index in [2.05, 4.69) is 15.4 Å². The van der Waals surface area contributed by atoms with Gasteiger partial charge in [0.1, 0.15) is 5.69 Å². The molecule has 26 heavy (non-hydrogen) atoms. The first kappa shape index (κ1) is 16.7. The van der Waals surface area contributed by atoms with Crippen LogP contribution in [0, 0.1) is 13.8 Å². The number of carbonyl (C=O) groups excluding carboxylic acids is 2. The SMILES string of the molecule is CNC(=O)c1cc2c(s1)CCN(C(=O)c1cc(C)n3nc(C)cc3n1)C2. The number of amides is 2. The van der Waals surface area contributed by atoms with Crippen LogP contribution in [-0.4, -0.2) is 44.9 Å². The first-order valence-electron chi connectivity index (χ1n) is 8.43. The summed E-state index contributed by atoms with van der Waals surface area (Å²) in [5, 5.41) is 7.02. The van der Waals surface area contributed by atoms with Gasteiger partial charge in [-0.1, -0.05) is 0 Å². The van der Waals surface area contributed by atoms with Gasteiger partial charge in [-0.05, 0) is 38.0 Å². The molecule has 8 heteroatoms. The Morgan fingerprint density at radius 2 is 2.04 bits per heavy atom. The van der Waals surface area contributed by atoms with Crippen LogP contribution in [0.1, 0.15) is 42.0 Å². The molecular formula is C18H19N5O2S. The molecule has 0 atom stereocenters. The van der Waals surface area contributed by atoms with E-state index in [1.807, 2.05) is 26.0 Å². The van der Waals surface area contributed by atoms with Gasteiger partial charge in [0.25, 0.3) is 11.8 Å². The second kappa shape index (κ2) is 6.21. The molecule has 2 amide bonds. The van der Waals surface area contributed by atoms with Gasteiger partial charge in [0.2, 0.25) is 0 Å². The molecule has 0 aliphatic carbocycles. The van der Waals surface area contributed by atoms with Crippen molar-refractivity contribution in [3.05, 3.63) is 50.6 Å². The minimum absolute atomic E-state index is 0.0823. The van der Waals surface area contributed by atoms with Crippen molar-refractivity contribution in [1.29, 1.82) is 0 Å². The van der Waals surface area contributed by atoms with Crippen molar-refractivity contribution in [3.63, 3.8) is 0 Å². The van der Waals surface area contributed by atoms with E-state index >= 15 is 0 Å². The van der Waals surface area contributed by atoms with E-state index in [4.69, 9.17) is 0 Å². The number of carbonyl (C=O) groups is 2. The van der Waals surface area contributed by atoms with Crippen LogP contribution >= 0.6 is 11.3 Å². The van der Waals surface area contributed by atoms with Crippen LogP contribution in [0.25, 0.3) is 5.65 Å². The minimum Gasteiger partial charge on any atom is -0.354 e. The molecule has 0 unspecified atom stereocenters. The maximum absolute atomic E-state index is 13.0. The molecule has 7 nitrogen and oxygen atoms in total. The van der Waals surface area contributed by atoms with Crippen LogP contribution in [0.15, 0.2) is 18.2 Å². The number of aromatic nitrogens is 3. The van der Waals surface area contributed by atoms with Crippen molar-refractivity contribution in [3.8, 4) is 0 Å². The predicted octanol–water partition coefficient (Wildman–Crippen LogP) is 1.97. The lowest BCUT2D eigenvalue weighted by Gasteiger charge is -2.26. The number of nitrogens with zero attached hydrogens (tertiary/aromatic N) is 4. The van der Waals surface area contributed by atoms with Gasteiger partial charge in [0.15, 0.2) is 5.65 Å². The van der Waals surface area contributed by atoms with E-state index < -0.39 is 0 Å². The quantitative estimate of drug-likeness (QED) is 0.749. The van der Waals surface area contributed by atoms with Crippen LogP contribution < -0.4 is 5.32 Å². The monoisotopic (exact) mass is 369 g/mol. The Hall–Kier alpha value is -2.74. The second-order valence-corrected chi connectivity index (χ2v) is 7.59. The highest BCUT2D eigenvalue weighted by Crippen LogP contribution is 2.29. The first-order valence-corrected chi connectivity index (χ1v) is 9.25. The topological polar surface area (TPSA) is 79.6 Å². The number of hydrogen-bond acceptors (Lipinski definition) is 5. The Morgan fingerprint density at radius 3 is 2.81 bits per heavy atom. The Labute approximate surface area is 154 Å². The summed E-state index contributed by atoms with van der Waals surface area (Å²) < 4.78 is 1.74. The van der Waals surface area contributed by atoms with Crippen molar-refractivity contribution >= 4 is 28.8 Å². The number of fused-ring (bicyclic) bond motifs is 2. The fraction of sp³-hybridized carbons (Fsp3) is 0.333. The molecule has 4 rings (SSSR count). The summed E-state index contributed by atoms with van der Waals surface area (Å²) in [6.45, 7) is 4.96. The summed E-state index contributed by atoms with van der Waals surface area (Å²) in [7, 11) is 1.62. The molecule has 3 aromatic rings. The third-order valence-corrected chi connectivity index (χ3v) is 5.79. The van der Waals surface area contributed by atoms with Crippen LogP contribution in [0.2, 0.25) is 0 Å². The molecule has 0 radical (unpaired) electrons. The number of rotatable bonds is 2. The Bertz CT molecular complexity index is 1040. The van der Waals surface area contributed by atoms with E-state index in [0.717, 1.165) is 23.4 Å². The maximum Gasteiger partial charge on any atom is 0.272 e. The molecule has 1 aliphatic rings. The Morgan fingerprint density at radius 1 is 1.23 bits per heavy atom. The molecule has 0 spiro atoms. The Kier molecular flexibility index (Phi) is 3.99. The molecule has 4 heterocycles. The fourth-order valence-electron chi connectivity index (χ4n) is 3.25. The number of aryl methyl sites for hydroxylation is 2. The molecule has 134 valence electrons. The molecule has 0 saturated heterocycles. The predicted molar refractivity (Wildman–Crippen MR) is 98.6 cm³/mol. The lowest BCUT2D eigenvalue weighted by Crippen LogP contribution is -2.36. The standard InChI is InChI=1S/C18H19N5O2S/c1-10-6-16-20-13(7-11(2)23(16)21-10)18(25)22-5-4-14-12(9-22)8-15(26-14)17(24)19-3/h6-8H,4-5,9H2,1-3H3,(H,19,24). The van der Waals surface area contributed by atoms with Gasteiger partial charge in [0, 0.05) is 36.8 Å². The zero-order valence-electron chi connectivity index (χ0n) is 14.9. The molecule has 1 N–H and O–H groups in total. The van der Waals surface area contributed by atoms with Gasteiger partial charge < -0.3 is 10.2 Å². The number of thiophene rings is 1. The van der Waals surface area contributed by atoms with Crippen LogP contribution in [0.4, 0.5) is 0 Å². The lowest BCUT2D eigenvalue weighted by atomic mass is 10.1. The number of hydrogen-bond donors (Lipinski definition) is 1. The van der Waals surface area contributed by atoms with Gasteiger partial charge in [-0.3, -0.25) is 9.59 Å². The minimum atomic E-state index is -0.0900. The summed E-state index contributed by atoms with van der Waals surface area (Å²) >= 11 is 1.51. The van der Waals surface area contributed by atoms with Crippen molar-refractivity contribution in [2.75, 3.05) is 13.6 Å². The summed E-state index contributed by atoms with van der Waals surface area (Å²) in [6.07, 6.45) is 0.760. The zero-order chi connectivity index (χ0) is 18.4. The fourth-order valence-corrected chi connectivity index (χ4v) is 4.36. The third-order valence-electron chi connectivity index (χ3n) is 4.55. The van der Waals surface area contributed by atoms with Gasteiger partial charge in [-0.15, -0.1) is 11.3 Å². The molecule has 0 aromatic carbocycles. The maximum atomic E-state index is 13.0. The highest BCUT2D eigenvalue weighted by atomic mass is 32.1. The number of nitrogens with one attached hydrogen (secondary N) is 1. The average molecular weight is 369 g/mol. The molecule has 0 fully saturated rings. The van der Waals surface area contributed by atoms with E-state index in [1.54, 1.807) is 22.5 Å². The molecule has 3 aromatic heterocycles. The summed E-state index contributed by atoms with van der Waals surface area (Å²) in [5.41, 5.74) is 3.90. The van der Waals surface area contributed by atoms with Crippen LogP contribution in [0.5, 0.6) is 0 Å². The highest BCUT2D eigenvalue weighted by Gasteiger charge is 2.26. The first-order chi connectivity index (χ1) is 12.5. The van der Waals surface area contributed by atoms with Gasteiger partial charge in [-0.25, -0.2) is 9.50 Å². The average Bonchev–Trinajstić information content (AvgIpc) is 3.22. The van der Waals surface area contributed by atoms with E-state index in [9.17, 15) is 9.59 Å². The van der Waals surface area contributed by atoms with Crippen LogP contribution in [0.3, 0.4) is 0 Å². The molecule has 0 bridgehead atoms. The van der Waals surface area contributed by atoms with Crippen molar-refractivity contribution in [2.45, 2.75) is 26.8 Å². The molecular weight excluding hydrogens is 350 g/mol. The van der Waals surface area contributed by atoms with Crippen molar-refractivity contribution < 1.29 is 9.59 Å². The molecule has 0 saturated carbocycles. The van der Waals surface area contributed by atoms with Gasteiger partial charge >= 0.3 is 0 Å².